The monoisotopic (exact) mass is 511 g/mol. The maximum Gasteiger partial charge on any atom is 0.417 e. The molecular formula is C26H20F3N3O5. The van der Waals surface area contributed by atoms with E-state index in [0.717, 1.165) is 18.2 Å². The molecule has 11 heteroatoms. The van der Waals surface area contributed by atoms with Crippen LogP contribution in [0.3, 0.4) is 0 Å². The summed E-state index contributed by atoms with van der Waals surface area (Å²) in [4.78, 5) is 40.8. The van der Waals surface area contributed by atoms with Gasteiger partial charge in [-0.05, 0) is 23.3 Å². The highest BCUT2D eigenvalue weighted by Crippen LogP contribution is 2.37. The number of aromatic hydroxyl groups is 1. The number of nitrogens with zero attached hydrogens (tertiary/aromatic N) is 2. The zero-order valence-electron chi connectivity index (χ0n) is 19.1. The van der Waals surface area contributed by atoms with Gasteiger partial charge in [-0.2, -0.15) is 13.2 Å². The Hall–Kier alpha value is -4.67. The number of carbonyl (C=O) groups excluding carboxylic acids is 1. The van der Waals surface area contributed by atoms with Crippen molar-refractivity contribution in [2.75, 3.05) is 6.54 Å². The van der Waals surface area contributed by atoms with Crippen LogP contribution >= 0.6 is 0 Å². The van der Waals surface area contributed by atoms with Gasteiger partial charge in [-0.1, -0.05) is 48.5 Å². The number of hydrogen-bond acceptors (Lipinski definition) is 5. The molecule has 4 aromatic rings. The summed E-state index contributed by atoms with van der Waals surface area (Å²) >= 11 is 0. The molecule has 1 amide bonds. The lowest BCUT2D eigenvalue weighted by molar-refractivity contribution is -0.137. The van der Waals surface area contributed by atoms with Crippen molar-refractivity contribution < 1.29 is 33.0 Å². The topological polar surface area (TPSA) is 122 Å². The fourth-order valence-electron chi connectivity index (χ4n) is 3.94. The van der Waals surface area contributed by atoms with Gasteiger partial charge in [-0.3, -0.25) is 14.4 Å². The molecule has 0 aliphatic carbocycles. The highest BCUT2D eigenvalue weighted by atomic mass is 19.4. The van der Waals surface area contributed by atoms with Gasteiger partial charge in [0.15, 0.2) is 11.4 Å². The van der Waals surface area contributed by atoms with E-state index < -0.39 is 40.6 Å². The maximum atomic E-state index is 13.8. The van der Waals surface area contributed by atoms with Gasteiger partial charge in [-0.25, -0.2) is 4.98 Å². The van der Waals surface area contributed by atoms with E-state index in [2.05, 4.69) is 10.3 Å². The average molecular weight is 511 g/mol. The number of carbonyl (C=O) groups is 2. The summed E-state index contributed by atoms with van der Waals surface area (Å²) < 4.78 is 42.6. The smallest absolute Gasteiger partial charge is 0.417 e. The lowest BCUT2D eigenvalue weighted by Crippen LogP contribution is -2.27. The second kappa shape index (κ2) is 10.1. The fourth-order valence-corrected chi connectivity index (χ4v) is 3.94. The van der Waals surface area contributed by atoms with Crippen molar-refractivity contribution in [2.45, 2.75) is 19.1 Å². The van der Waals surface area contributed by atoms with E-state index in [0.29, 0.717) is 5.56 Å². The van der Waals surface area contributed by atoms with E-state index >= 15 is 0 Å². The molecule has 0 aliphatic heterocycles. The van der Waals surface area contributed by atoms with Crippen molar-refractivity contribution in [3.05, 3.63) is 94.0 Å². The molecule has 0 saturated carbocycles. The zero-order chi connectivity index (χ0) is 26.7. The third-order valence-corrected chi connectivity index (χ3v) is 5.67. The van der Waals surface area contributed by atoms with Gasteiger partial charge in [0.05, 0.1) is 30.2 Å². The molecule has 3 N–H and O–H groups in total. The maximum absolute atomic E-state index is 13.8. The number of nitrogens with one attached hydrogen (secondary N) is 1. The van der Waals surface area contributed by atoms with Gasteiger partial charge in [0.2, 0.25) is 0 Å². The van der Waals surface area contributed by atoms with Crippen LogP contribution in [0, 0.1) is 0 Å². The van der Waals surface area contributed by atoms with E-state index in [1.54, 1.807) is 30.3 Å². The number of alkyl halides is 3. The van der Waals surface area contributed by atoms with Gasteiger partial charge < -0.3 is 20.1 Å². The molecule has 0 saturated heterocycles. The molecule has 0 atom stereocenters. The molecule has 4 rings (SSSR count). The number of fused-ring (bicyclic) bond motifs is 1. The lowest BCUT2D eigenvalue weighted by atomic mass is 9.98. The Bertz CT molecular complexity index is 1550. The third kappa shape index (κ3) is 5.30. The number of carboxylic acids is 1. The quantitative estimate of drug-likeness (QED) is 0.344. The molecule has 0 bridgehead atoms. The van der Waals surface area contributed by atoms with Crippen LogP contribution in [0.2, 0.25) is 0 Å². The fraction of sp³-hybridized carbons (Fsp3) is 0.154. The van der Waals surface area contributed by atoms with Gasteiger partial charge in [0, 0.05) is 17.5 Å². The largest absolute Gasteiger partial charge is 0.505 e. The second-order valence-corrected chi connectivity index (χ2v) is 8.13. The molecule has 2 aromatic carbocycles. The van der Waals surface area contributed by atoms with Crippen LogP contribution in [0.25, 0.3) is 22.0 Å². The van der Waals surface area contributed by atoms with Crippen molar-refractivity contribution in [1.82, 2.24) is 14.9 Å². The first kappa shape index (κ1) is 25.4. The first-order chi connectivity index (χ1) is 17.6. The minimum absolute atomic E-state index is 0.0382. The molecule has 0 radical (unpaired) electrons. The first-order valence-corrected chi connectivity index (χ1v) is 11.0. The number of carboxylic acid groups (broad SMARTS) is 1. The summed E-state index contributed by atoms with van der Waals surface area (Å²) in [5, 5.41) is 21.9. The Labute approximate surface area is 207 Å². The normalized spacial score (nSPS) is 11.4. The highest BCUT2D eigenvalue weighted by Gasteiger charge is 2.34. The van der Waals surface area contributed by atoms with Crippen molar-refractivity contribution in [2.24, 2.45) is 0 Å². The minimum atomic E-state index is -4.75. The lowest BCUT2D eigenvalue weighted by Gasteiger charge is -2.17. The number of aliphatic carboxylic acids is 1. The van der Waals surface area contributed by atoms with E-state index in [1.165, 1.54) is 22.9 Å². The van der Waals surface area contributed by atoms with Crippen molar-refractivity contribution in [1.29, 1.82) is 0 Å². The summed E-state index contributed by atoms with van der Waals surface area (Å²) in [7, 11) is 0. The van der Waals surface area contributed by atoms with E-state index in [1.807, 2.05) is 0 Å². The molecule has 8 nitrogen and oxygen atoms in total. The molecule has 0 aliphatic rings. The van der Waals surface area contributed by atoms with Crippen molar-refractivity contribution in [3.8, 4) is 16.9 Å². The number of amides is 1. The van der Waals surface area contributed by atoms with Crippen LogP contribution in [-0.2, 0) is 17.5 Å². The number of aromatic nitrogens is 2. The number of rotatable bonds is 7. The van der Waals surface area contributed by atoms with Crippen LogP contribution in [0.4, 0.5) is 13.2 Å². The Morgan fingerprint density at radius 1 is 1.00 bits per heavy atom. The van der Waals surface area contributed by atoms with E-state index in [9.17, 15) is 32.7 Å². The van der Waals surface area contributed by atoms with Gasteiger partial charge in [0.25, 0.3) is 11.5 Å². The number of benzene rings is 2. The zero-order valence-corrected chi connectivity index (χ0v) is 19.1. The Balaban J connectivity index is 1.95. The van der Waals surface area contributed by atoms with Gasteiger partial charge in [0.1, 0.15) is 0 Å². The molecular weight excluding hydrogens is 491 g/mol. The standard InChI is InChI=1S/C26H20F3N3O5/c27-26(28,29)19-9-5-4-8-16(19)17-12-18-20(32(25(17)37)14-15-6-2-1-3-7-15)13-31-22(23(18)35)24(36)30-11-10-21(33)34/h1-9,12-13,35H,10-11,14H2,(H,30,36)(H,33,34). The minimum Gasteiger partial charge on any atom is -0.505 e. The van der Waals surface area contributed by atoms with Crippen LogP contribution in [0.15, 0.2) is 71.7 Å². The van der Waals surface area contributed by atoms with Crippen LogP contribution in [0.5, 0.6) is 5.75 Å². The first-order valence-electron chi connectivity index (χ1n) is 11.0. The summed E-state index contributed by atoms with van der Waals surface area (Å²) in [5.74, 6) is -2.68. The Kier molecular flexibility index (Phi) is 6.96. The summed E-state index contributed by atoms with van der Waals surface area (Å²) in [6.07, 6.45) is -3.95. The van der Waals surface area contributed by atoms with E-state index in [-0.39, 0.29) is 41.5 Å². The summed E-state index contributed by atoms with van der Waals surface area (Å²) in [6.45, 7) is -0.269. The Morgan fingerprint density at radius 3 is 2.35 bits per heavy atom. The molecule has 37 heavy (non-hydrogen) atoms. The van der Waals surface area contributed by atoms with Crippen molar-refractivity contribution in [3.63, 3.8) is 0 Å². The summed E-state index contributed by atoms with van der Waals surface area (Å²) in [5.41, 5.74) is -2.17. The van der Waals surface area contributed by atoms with Gasteiger partial charge in [-0.15, -0.1) is 0 Å². The number of pyridine rings is 2. The molecule has 2 aromatic heterocycles. The van der Waals surface area contributed by atoms with Crippen LogP contribution in [-0.4, -0.2) is 38.2 Å². The van der Waals surface area contributed by atoms with Crippen LogP contribution in [0.1, 0.15) is 28.0 Å². The molecule has 0 fully saturated rings. The predicted octanol–water partition coefficient (Wildman–Crippen LogP) is 4.04. The number of halogens is 3. The molecule has 0 spiro atoms. The molecule has 190 valence electrons. The van der Waals surface area contributed by atoms with Gasteiger partial charge >= 0.3 is 12.1 Å². The Morgan fingerprint density at radius 2 is 1.68 bits per heavy atom. The highest BCUT2D eigenvalue weighted by molar-refractivity contribution is 6.01. The second-order valence-electron chi connectivity index (χ2n) is 8.13. The molecule has 0 unspecified atom stereocenters. The number of hydrogen-bond donors (Lipinski definition) is 3. The SMILES string of the molecule is O=C(O)CCNC(=O)c1ncc2c(cc(-c3ccccc3C(F)(F)F)c(=O)n2Cc2ccccc2)c1O. The van der Waals surface area contributed by atoms with Crippen LogP contribution < -0.4 is 10.9 Å². The average Bonchev–Trinajstić information content (AvgIpc) is 2.85. The predicted molar refractivity (Wildman–Crippen MR) is 128 cm³/mol. The third-order valence-electron chi connectivity index (χ3n) is 5.67. The molecule has 2 heterocycles. The van der Waals surface area contributed by atoms with E-state index in [4.69, 9.17) is 5.11 Å². The van der Waals surface area contributed by atoms with Crippen molar-refractivity contribution >= 4 is 22.8 Å². The summed E-state index contributed by atoms with van der Waals surface area (Å²) in [6, 6.07) is 14.4.